The van der Waals surface area contributed by atoms with Gasteiger partial charge in [0.25, 0.3) is 0 Å². The van der Waals surface area contributed by atoms with Crippen molar-refractivity contribution in [3.63, 3.8) is 0 Å². The van der Waals surface area contributed by atoms with Crippen molar-refractivity contribution in [3.8, 4) is 0 Å². The van der Waals surface area contributed by atoms with Crippen LogP contribution in [-0.2, 0) is 5.54 Å². The van der Waals surface area contributed by atoms with Crippen molar-refractivity contribution in [1.82, 2.24) is 10.3 Å². The Bertz CT molecular complexity index is 277. The highest BCUT2D eigenvalue weighted by atomic mass is 19.1. The van der Waals surface area contributed by atoms with Gasteiger partial charge in [0, 0.05) is 11.7 Å². The average molecular weight is 166 g/mol. The molecule has 0 atom stereocenters. The molecule has 1 aliphatic rings. The summed E-state index contributed by atoms with van der Waals surface area (Å²) in [5.41, 5.74) is 1.19. The van der Waals surface area contributed by atoms with E-state index < -0.39 is 5.95 Å². The van der Waals surface area contributed by atoms with Crippen LogP contribution in [0.25, 0.3) is 0 Å². The van der Waals surface area contributed by atoms with Gasteiger partial charge in [0.2, 0.25) is 5.95 Å². The molecule has 0 spiro atoms. The summed E-state index contributed by atoms with van der Waals surface area (Å²) >= 11 is 0. The number of rotatable bonds is 2. The maximum absolute atomic E-state index is 12.5. The summed E-state index contributed by atoms with van der Waals surface area (Å²) in [7, 11) is 1.93. The fourth-order valence-corrected chi connectivity index (χ4v) is 1.47. The Hall–Kier alpha value is -0.960. The molecule has 0 radical (unpaired) electrons. The van der Waals surface area contributed by atoms with E-state index >= 15 is 0 Å². The van der Waals surface area contributed by atoms with Crippen LogP contribution in [0.4, 0.5) is 4.39 Å². The summed E-state index contributed by atoms with van der Waals surface area (Å²) in [6.07, 6.45) is 3.85. The van der Waals surface area contributed by atoms with Crippen LogP contribution in [0.5, 0.6) is 0 Å². The van der Waals surface area contributed by atoms with Crippen molar-refractivity contribution in [2.45, 2.75) is 18.4 Å². The first-order valence-electron chi connectivity index (χ1n) is 4.08. The van der Waals surface area contributed by atoms with Crippen molar-refractivity contribution in [1.29, 1.82) is 0 Å². The van der Waals surface area contributed by atoms with Crippen LogP contribution in [-0.4, -0.2) is 12.0 Å². The zero-order chi connectivity index (χ0) is 8.60. The maximum Gasteiger partial charge on any atom is 0.212 e. The standard InChI is InChI=1S/C9H11FN2/c1-11-9(4-5-9)7-2-3-8(10)12-6-7/h2-3,6,11H,4-5H2,1H3. The lowest BCUT2D eigenvalue weighted by Gasteiger charge is -2.13. The molecular weight excluding hydrogens is 155 g/mol. The topological polar surface area (TPSA) is 24.9 Å². The van der Waals surface area contributed by atoms with Crippen LogP contribution >= 0.6 is 0 Å². The molecule has 1 aliphatic carbocycles. The Kier molecular flexibility index (Phi) is 1.61. The van der Waals surface area contributed by atoms with Crippen molar-refractivity contribution < 1.29 is 4.39 Å². The number of hydrogen-bond acceptors (Lipinski definition) is 2. The van der Waals surface area contributed by atoms with Crippen molar-refractivity contribution >= 4 is 0 Å². The predicted molar refractivity (Wildman–Crippen MR) is 44.2 cm³/mol. The molecule has 1 aromatic heterocycles. The minimum atomic E-state index is -0.411. The van der Waals surface area contributed by atoms with Crippen LogP contribution in [0.1, 0.15) is 18.4 Å². The second-order valence-electron chi connectivity index (χ2n) is 3.20. The molecule has 0 bridgehead atoms. The molecule has 0 aromatic carbocycles. The van der Waals surface area contributed by atoms with Gasteiger partial charge < -0.3 is 5.32 Å². The number of pyridine rings is 1. The maximum atomic E-state index is 12.5. The monoisotopic (exact) mass is 166 g/mol. The first kappa shape index (κ1) is 7.68. The molecule has 3 heteroatoms. The summed E-state index contributed by atoms with van der Waals surface area (Å²) in [5.74, 6) is -0.411. The lowest BCUT2D eigenvalue weighted by Crippen LogP contribution is -2.24. The highest BCUT2D eigenvalue weighted by Crippen LogP contribution is 2.44. The van der Waals surface area contributed by atoms with Gasteiger partial charge in [0.1, 0.15) is 0 Å². The fraction of sp³-hybridized carbons (Fsp3) is 0.444. The van der Waals surface area contributed by atoms with E-state index in [1.54, 1.807) is 12.3 Å². The molecular formula is C9H11FN2. The molecule has 1 saturated carbocycles. The van der Waals surface area contributed by atoms with Gasteiger partial charge in [0.15, 0.2) is 0 Å². The molecule has 2 rings (SSSR count). The highest BCUT2D eigenvalue weighted by molar-refractivity contribution is 5.26. The summed E-state index contributed by atoms with van der Waals surface area (Å²) in [6, 6.07) is 3.21. The molecule has 12 heavy (non-hydrogen) atoms. The minimum absolute atomic E-state index is 0.0979. The SMILES string of the molecule is CNC1(c2ccc(F)nc2)CC1. The molecule has 1 N–H and O–H groups in total. The van der Waals surface area contributed by atoms with Gasteiger partial charge in [-0.05, 0) is 31.5 Å². The van der Waals surface area contributed by atoms with Gasteiger partial charge in [-0.25, -0.2) is 4.98 Å². The van der Waals surface area contributed by atoms with E-state index in [0.717, 1.165) is 18.4 Å². The normalized spacial score (nSPS) is 19.2. The number of aromatic nitrogens is 1. The smallest absolute Gasteiger partial charge is 0.212 e. The van der Waals surface area contributed by atoms with Gasteiger partial charge in [-0.2, -0.15) is 4.39 Å². The second-order valence-corrected chi connectivity index (χ2v) is 3.20. The molecule has 1 fully saturated rings. The quantitative estimate of drug-likeness (QED) is 0.672. The first-order valence-corrected chi connectivity index (χ1v) is 4.08. The van der Waals surface area contributed by atoms with Crippen molar-refractivity contribution in [2.24, 2.45) is 0 Å². The first-order chi connectivity index (χ1) is 5.77. The largest absolute Gasteiger partial charge is 0.310 e. The summed E-state index contributed by atoms with van der Waals surface area (Å²) in [4.78, 5) is 3.63. The van der Waals surface area contributed by atoms with E-state index in [-0.39, 0.29) is 5.54 Å². The van der Waals surface area contributed by atoms with Crippen LogP contribution in [0, 0.1) is 5.95 Å². The van der Waals surface area contributed by atoms with Crippen molar-refractivity contribution in [3.05, 3.63) is 29.8 Å². The third kappa shape index (κ3) is 1.10. The highest BCUT2D eigenvalue weighted by Gasteiger charge is 2.42. The van der Waals surface area contributed by atoms with E-state index in [9.17, 15) is 4.39 Å². The van der Waals surface area contributed by atoms with E-state index in [1.807, 2.05) is 7.05 Å². The Morgan fingerprint density at radius 2 is 2.25 bits per heavy atom. The van der Waals surface area contributed by atoms with Crippen LogP contribution in [0.15, 0.2) is 18.3 Å². The van der Waals surface area contributed by atoms with Crippen LogP contribution < -0.4 is 5.32 Å². The summed E-state index contributed by atoms with van der Waals surface area (Å²) in [5, 5.41) is 3.23. The molecule has 0 aliphatic heterocycles. The lowest BCUT2D eigenvalue weighted by molar-refractivity contribution is 0.559. The zero-order valence-corrected chi connectivity index (χ0v) is 6.97. The third-order valence-electron chi connectivity index (χ3n) is 2.51. The van der Waals surface area contributed by atoms with Gasteiger partial charge in [-0.3, -0.25) is 0 Å². The Morgan fingerprint density at radius 1 is 1.50 bits per heavy atom. The van der Waals surface area contributed by atoms with E-state index in [4.69, 9.17) is 0 Å². The van der Waals surface area contributed by atoms with Gasteiger partial charge >= 0.3 is 0 Å². The fourth-order valence-electron chi connectivity index (χ4n) is 1.47. The number of halogens is 1. The van der Waals surface area contributed by atoms with Gasteiger partial charge in [0.05, 0.1) is 0 Å². The summed E-state index contributed by atoms with van der Waals surface area (Å²) < 4.78 is 12.5. The molecule has 0 amide bonds. The molecule has 64 valence electrons. The van der Waals surface area contributed by atoms with Crippen LogP contribution in [0.3, 0.4) is 0 Å². The molecule has 1 heterocycles. The average Bonchev–Trinajstić information content (AvgIpc) is 2.86. The molecule has 1 aromatic rings. The Balaban J connectivity index is 2.29. The van der Waals surface area contributed by atoms with Crippen molar-refractivity contribution in [2.75, 3.05) is 7.05 Å². The van der Waals surface area contributed by atoms with Gasteiger partial charge in [-0.15, -0.1) is 0 Å². The van der Waals surface area contributed by atoms with E-state index in [0.29, 0.717) is 0 Å². The summed E-state index contributed by atoms with van der Waals surface area (Å²) in [6.45, 7) is 0. The Labute approximate surface area is 70.8 Å². The molecule has 2 nitrogen and oxygen atoms in total. The van der Waals surface area contributed by atoms with Gasteiger partial charge in [-0.1, -0.05) is 6.07 Å². The van der Waals surface area contributed by atoms with Crippen LogP contribution in [0.2, 0.25) is 0 Å². The molecule has 0 unspecified atom stereocenters. The Morgan fingerprint density at radius 3 is 2.67 bits per heavy atom. The second kappa shape index (κ2) is 2.52. The minimum Gasteiger partial charge on any atom is -0.310 e. The molecule has 0 saturated heterocycles. The predicted octanol–water partition coefficient (Wildman–Crippen LogP) is 1.43. The third-order valence-corrected chi connectivity index (χ3v) is 2.51. The number of nitrogens with one attached hydrogen (secondary N) is 1. The van der Waals surface area contributed by atoms with E-state index in [1.165, 1.54) is 6.07 Å². The number of hydrogen-bond donors (Lipinski definition) is 1. The zero-order valence-electron chi connectivity index (χ0n) is 6.97. The number of nitrogens with zero attached hydrogens (tertiary/aromatic N) is 1. The lowest BCUT2D eigenvalue weighted by atomic mass is 10.1. The van der Waals surface area contributed by atoms with E-state index in [2.05, 4.69) is 10.3 Å².